The van der Waals surface area contributed by atoms with Gasteiger partial charge in [0.2, 0.25) is 0 Å². The first kappa shape index (κ1) is 8.27. The fourth-order valence-corrected chi connectivity index (χ4v) is 1.90. The summed E-state index contributed by atoms with van der Waals surface area (Å²) in [6.07, 6.45) is 7.29. The highest BCUT2D eigenvalue weighted by Crippen LogP contribution is 2.43. The standard InChI is InChI=1S/C9H8N2OS/c1-2-7(12)11-9-8(6-3-4-6)10-5-13-9/h1,5-6H,3-4H2,(H,11,12). The topological polar surface area (TPSA) is 42.0 Å². The highest BCUT2D eigenvalue weighted by molar-refractivity contribution is 7.14. The first-order valence-corrected chi connectivity index (χ1v) is 4.90. The zero-order valence-corrected chi connectivity index (χ0v) is 7.73. The number of carbonyl (C=O) groups excluding carboxylic acids is 1. The number of rotatable bonds is 2. The van der Waals surface area contributed by atoms with Crippen LogP contribution in [0.5, 0.6) is 0 Å². The Morgan fingerprint density at radius 2 is 2.54 bits per heavy atom. The summed E-state index contributed by atoms with van der Waals surface area (Å²) in [4.78, 5) is 15.1. The van der Waals surface area contributed by atoms with Gasteiger partial charge in [0.05, 0.1) is 11.2 Å². The van der Waals surface area contributed by atoms with Gasteiger partial charge in [0.1, 0.15) is 5.00 Å². The van der Waals surface area contributed by atoms with E-state index in [1.807, 2.05) is 5.92 Å². The Bertz CT molecular complexity index is 373. The van der Waals surface area contributed by atoms with Crippen LogP contribution >= 0.6 is 11.3 Å². The van der Waals surface area contributed by atoms with E-state index in [1.165, 1.54) is 24.2 Å². The van der Waals surface area contributed by atoms with Gasteiger partial charge in [-0.25, -0.2) is 4.98 Å². The van der Waals surface area contributed by atoms with Crippen molar-refractivity contribution in [1.29, 1.82) is 0 Å². The Hall–Kier alpha value is -1.34. The zero-order chi connectivity index (χ0) is 9.26. The van der Waals surface area contributed by atoms with E-state index in [2.05, 4.69) is 10.3 Å². The lowest BCUT2D eigenvalue weighted by Crippen LogP contribution is -2.08. The molecule has 1 amide bonds. The van der Waals surface area contributed by atoms with Crippen LogP contribution in [0.25, 0.3) is 0 Å². The molecule has 0 atom stereocenters. The van der Waals surface area contributed by atoms with E-state index in [1.54, 1.807) is 5.51 Å². The van der Waals surface area contributed by atoms with Gasteiger partial charge in [-0.1, -0.05) is 0 Å². The first-order valence-electron chi connectivity index (χ1n) is 4.02. The molecule has 13 heavy (non-hydrogen) atoms. The molecule has 1 fully saturated rings. The van der Waals surface area contributed by atoms with Crippen LogP contribution in [0, 0.1) is 12.3 Å². The average Bonchev–Trinajstić information content (AvgIpc) is 2.88. The molecule has 1 aliphatic rings. The normalized spacial score (nSPS) is 15.0. The van der Waals surface area contributed by atoms with Crippen molar-refractivity contribution in [3.8, 4) is 12.3 Å². The van der Waals surface area contributed by atoms with Crippen LogP contribution < -0.4 is 5.32 Å². The molecule has 0 aromatic carbocycles. The second kappa shape index (κ2) is 3.19. The lowest BCUT2D eigenvalue weighted by atomic mass is 10.3. The fourth-order valence-electron chi connectivity index (χ4n) is 1.14. The van der Waals surface area contributed by atoms with Gasteiger partial charge in [-0.15, -0.1) is 17.8 Å². The van der Waals surface area contributed by atoms with Crippen molar-refractivity contribution in [3.63, 3.8) is 0 Å². The second-order valence-electron chi connectivity index (χ2n) is 2.94. The smallest absolute Gasteiger partial charge is 0.300 e. The summed E-state index contributed by atoms with van der Waals surface area (Å²) in [6, 6.07) is 0. The van der Waals surface area contributed by atoms with E-state index in [9.17, 15) is 4.79 Å². The van der Waals surface area contributed by atoms with E-state index in [-0.39, 0.29) is 0 Å². The van der Waals surface area contributed by atoms with Crippen LogP contribution in [0.4, 0.5) is 5.00 Å². The predicted molar refractivity (Wildman–Crippen MR) is 51.6 cm³/mol. The third-order valence-corrected chi connectivity index (χ3v) is 2.67. The van der Waals surface area contributed by atoms with Crippen molar-refractivity contribution >= 4 is 22.2 Å². The maximum absolute atomic E-state index is 10.9. The average molecular weight is 192 g/mol. The van der Waals surface area contributed by atoms with Crippen LogP contribution in [0.3, 0.4) is 0 Å². The summed E-state index contributed by atoms with van der Waals surface area (Å²) < 4.78 is 0. The number of hydrogen-bond acceptors (Lipinski definition) is 3. The molecule has 3 nitrogen and oxygen atoms in total. The van der Waals surface area contributed by atoms with Crippen molar-refractivity contribution < 1.29 is 4.79 Å². The highest BCUT2D eigenvalue weighted by Gasteiger charge is 2.28. The number of anilines is 1. The van der Waals surface area contributed by atoms with E-state index < -0.39 is 5.91 Å². The van der Waals surface area contributed by atoms with Crippen molar-refractivity contribution in [3.05, 3.63) is 11.2 Å². The number of hydrogen-bond donors (Lipinski definition) is 1. The molecule has 1 heterocycles. The summed E-state index contributed by atoms with van der Waals surface area (Å²) in [7, 11) is 0. The van der Waals surface area contributed by atoms with E-state index in [0.29, 0.717) is 5.92 Å². The molecular weight excluding hydrogens is 184 g/mol. The van der Waals surface area contributed by atoms with Crippen LogP contribution in [-0.2, 0) is 4.79 Å². The molecule has 1 aromatic heterocycles. The molecule has 2 rings (SSSR count). The Morgan fingerprint density at radius 1 is 1.77 bits per heavy atom. The van der Waals surface area contributed by atoms with Gasteiger partial charge < -0.3 is 5.32 Å². The van der Waals surface area contributed by atoms with Gasteiger partial charge in [0, 0.05) is 5.92 Å². The molecule has 1 N–H and O–H groups in total. The van der Waals surface area contributed by atoms with E-state index in [0.717, 1.165) is 10.7 Å². The van der Waals surface area contributed by atoms with Crippen LogP contribution in [0.1, 0.15) is 24.5 Å². The van der Waals surface area contributed by atoms with Crippen molar-refractivity contribution in [2.24, 2.45) is 0 Å². The largest absolute Gasteiger partial charge is 0.305 e. The summed E-state index contributed by atoms with van der Waals surface area (Å²) in [6.45, 7) is 0. The molecule has 0 spiro atoms. The molecule has 0 radical (unpaired) electrons. The molecule has 1 aliphatic carbocycles. The Labute approximate surface area is 80.2 Å². The Balaban J connectivity index is 2.15. The van der Waals surface area contributed by atoms with Gasteiger partial charge in [-0.05, 0) is 18.8 Å². The summed E-state index contributed by atoms with van der Waals surface area (Å²) in [5.41, 5.74) is 2.73. The van der Waals surface area contributed by atoms with Crippen LogP contribution in [-0.4, -0.2) is 10.9 Å². The number of thiazole rings is 1. The minimum absolute atomic E-state index is 0.397. The van der Waals surface area contributed by atoms with Crippen molar-refractivity contribution in [1.82, 2.24) is 4.98 Å². The third kappa shape index (κ3) is 1.70. The number of terminal acetylenes is 1. The minimum atomic E-state index is -0.397. The molecule has 0 aliphatic heterocycles. The van der Waals surface area contributed by atoms with E-state index in [4.69, 9.17) is 6.42 Å². The number of nitrogens with one attached hydrogen (secondary N) is 1. The molecule has 4 heteroatoms. The van der Waals surface area contributed by atoms with Crippen LogP contribution in [0.15, 0.2) is 5.51 Å². The number of amides is 1. The lowest BCUT2D eigenvalue weighted by Gasteiger charge is -1.98. The van der Waals surface area contributed by atoms with Crippen molar-refractivity contribution in [2.45, 2.75) is 18.8 Å². The van der Waals surface area contributed by atoms with Gasteiger partial charge >= 0.3 is 5.91 Å². The monoisotopic (exact) mass is 192 g/mol. The molecular formula is C9H8N2OS. The zero-order valence-electron chi connectivity index (χ0n) is 6.91. The SMILES string of the molecule is C#CC(=O)Nc1scnc1C1CC1. The molecule has 0 bridgehead atoms. The number of aromatic nitrogens is 1. The fraction of sp³-hybridized carbons (Fsp3) is 0.333. The van der Waals surface area contributed by atoms with Crippen molar-refractivity contribution in [2.75, 3.05) is 5.32 Å². The van der Waals surface area contributed by atoms with Gasteiger partial charge in [0.15, 0.2) is 0 Å². The Kier molecular flexibility index (Phi) is 2.03. The van der Waals surface area contributed by atoms with Gasteiger partial charge in [-0.2, -0.15) is 0 Å². The maximum Gasteiger partial charge on any atom is 0.300 e. The lowest BCUT2D eigenvalue weighted by molar-refractivity contribution is -0.111. The molecule has 1 saturated carbocycles. The van der Waals surface area contributed by atoms with Gasteiger partial charge in [-0.3, -0.25) is 4.79 Å². The molecule has 1 aromatic rings. The number of carbonyl (C=O) groups is 1. The summed E-state index contributed by atoms with van der Waals surface area (Å²) >= 11 is 1.42. The third-order valence-electron chi connectivity index (χ3n) is 1.92. The molecule has 0 saturated heterocycles. The first-order chi connectivity index (χ1) is 6.31. The molecule has 66 valence electrons. The second-order valence-corrected chi connectivity index (χ2v) is 3.79. The Morgan fingerprint density at radius 3 is 3.15 bits per heavy atom. The minimum Gasteiger partial charge on any atom is -0.305 e. The maximum atomic E-state index is 10.9. The van der Waals surface area contributed by atoms with E-state index >= 15 is 0 Å². The summed E-state index contributed by atoms with van der Waals surface area (Å²) in [5.74, 6) is 2.16. The molecule has 0 unspecified atom stereocenters. The summed E-state index contributed by atoms with van der Waals surface area (Å²) in [5, 5.41) is 3.45. The quantitative estimate of drug-likeness (QED) is 0.723. The number of nitrogens with zero attached hydrogens (tertiary/aromatic N) is 1. The van der Waals surface area contributed by atoms with Gasteiger partial charge in [0.25, 0.3) is 0 Å². The highest BCUT2D eigenvalue weighted by atomic mass is 32.1. The van der Waals surface area contributed by atoms with Crippen LogP contribution in [0.2, 0.25) is 0 Å². The predicted octanol–water partition coefficient (Wildman–Crippen LogP) is 1.59.